The van der Waals surface area contributed by atoms with Crippen LogP contribution in [0.4, 0.5) is 18.9 Å². The summed E-state index contributed by atoms with van der Waals surface area (Å²) in [5, 5.41) is 2.74. The van der Waals surface area contributed by atoms with Gasteiger partial charge in [0.2, 0.25) is 5.91 Å². The van der Waals surface area contributed by atoms with E-state index in [1.165, 1.54) is 24.3 Å². The lowest BCUT2D eigenvalue weighted by Crippen LogP contribution is -2.40. The molecule has 204 valence electrons. The van der Waals surface area contributed by atoms with Crippen LogP contribution in [0.1, 0.15) is 18.7 Å². The Morgan fingerprint density at radius 2 is 1.62 bits per heavy atom. The van der Waals surface area contributed by atoms with Crippen molar-refractivity contribution >= 4 is 22.6 Å². The molecule has 1 saturated heterocycles. The summed E-state index contributed by atoms with van der Waals surface area (Å²) in [5.41, 5.74) is 2.44. The number of fused-ring (bicyclic) bond motifs is 1. The van der Waals surface area contributed by atoms with Gasteiger partial charge in [0.15, 0.2) is 0 Å². The number of likely N-dealkylation sites (tertiary alicyclic amines) is 1. The molecule has 0 aliphatic carbocycles. The van der Waals surface area contributed by atoms with Crippen LogP contribution in [0.25, 0.3) is 11.0 Å². The van der Waals surface area contributed by atoms with Gasteiger partial charge in [-0.3, -0.25) is 9.69 Å². The first-order valence-corrected chi connectivity index (χ1v) is 12.8. The zero-order chi connectivity index (χ0) is 27.2. The van der Waals surface area contributed by atoms with E-state index < -0.39 is 6.36 Å². The Kier molecular flexibility index (Phi) is 8.02. The standard InChI is InChI=1S/C29H29F3N4O3/c30-29(31,32)39-24-12-10-22(11-13-24)33-28(37)19-35-16-14-21(15-17-35)18-36-26-9-5-4-8-25(26)34-27(36)20-38-23-6-2-1-3-7-23/h1-13,21H,14-20H2,(H,33,37). The molecule has 5 rings (SSSR count). The van der Waals surface area contributed by atoms with Gasteiger partial charge in [-0.1, -0.05) is 30.3 Å². The second-order valence-corrected chi connectivity index (χ2v) is 9.57. The summed E-state index contributed by atoms with van der Waals surface area (Å²) < 4.78 is 49.1. The van der Waals surface area contributed by atoms with Crippen LogP contribution in [0, 0.1) is 5.92 Å². The maximum atomic E-state index is 12.5. The largest absolute Gasteiger partial charge is 0.573 e. The maximum Gasteiger partial charge on any atom is 0.573 e. The highest BCUT2D eigenvalue weighted by Crippen LogP contribution is 2.26. The van der Waals surface area contributed by atoms with Crippen LogP contribution in [-0.4, -0.2) is 46.4 Å². The predicted octanol–water partition coefficient (Wildman–Crippen LogP) is 5.86. The molecule has 1 fully saturated rings. The topological polar surface area (TPSA) is 68.6 Å². The number of nitrogens with one attached hydrogen (secondary N) is 1. The van der Waals surface area contributed by atoms with Crippen molar-refractivity contribution < 1.29 is 27.4 Å². The normalized spacial score (nSPS) is 14.8. The Bertz CT molecular complexity index is 1380. The van der Waals surface area contributed by atoms with Gasteiger partial charge in [-0.15, -0.1) is 13.2 Å². The van der Waals surface area contributed by atoms with Gasteiger partial charge in [-0.25, -0.2) is 4.98 Å². The van der Waals surface area contributed by atoms with Crippen molar-refractivity contribution in [1.29, 1.82) is 0 Å². The van der Waals surface area contributed by atoms with Gasteiger partial charge in [-0.05, 0) is 80.4 Å². The van der Waals surface area contributed by atoms with Gasteiger partial charge in [0.1, 0.15) is 23.9 Å². The molecule has 1 aromatic heterocycles. The zero-order valence-corrected chi connectivity index (χ0v) is 21.2. The van der Waals surface area contributed by atoms with E-state index in [1.807, 2.05) is 48.5 Å². The van der Waals surface area contributed by atoms with Gasteiger partial charge < -0.3 is 19.4 Å². The molecule has 4 aromatic rings. The highest BCUT2D eigenvalue weighted by Gasteiger charge is 2.31. The van der Waals surface area contributed by atoms with Crippen LogP contribution in [0.15, 0.2) is 78.9 Å². The minimum atomic E-state index is -4.75. The molecule has 1 aliphatic rings. The van der Waals surface area contributed by atoms with Crippen molar-refractivity contribution in [3.05, 3.63) is 84.7 Å². The molecule has 0 bridgehead atoms. The quantitative estimate of drug-likeness (QED) is 0.289. The number of carbonyl (C=O) groups is 1. The van der Waals surface area contributed by atoms with Gasteiger partial charge in [-0.2, -0.15) is 0 Å². The van der Waals surface area contributed by atoms with Crippen LogP contribution in [-0.2, 0) is 17.9 Å². The Morgan fingerprint density at radius 1 is 0.923 bits per heavy atom. The number of carbonyl (C=O) groups excluding carboxylic acids is 1. The molecule has 7 nitrogen and oxygen atoms in total. The molecule has 0 unspecified atom stereocenters. The fourth-order valence-electron chi connectivity index (χ4n) is 4.83. The van der Waals surface area contributed by atoms with Gasteiger partial charge in [0.05, 0.1) is 17.6 Å². The number of para-hydroxylation sites is 3. The van der Waals surface area contributed by atoms with E-state index in [0.29, 0.717) is 18.2 Å². The number of anilines is 1. The fourth-order valence-corrected chi connectivity index (χ4v) is 4.83. The average molecular weight is 539 g/mol. The van der Waals surface area contributed by atoms with Crippen LogP contribution in [0.2, 0.25) is 0 Å². The average Bonchev–Trinajstić information content (AvgIpc) is 3.26. The van der Waals surface area contributed by atoms with Gasteiger partial charge in [0, 0.05) is 12.2 Å². The summed E-state index contributed by atoms with van der Waals surface area (Å²) in [6.07, 6.45) is -2.89. The van der Waals surface area contributed by atoms with Crippen molar-refractivity contribution in [3.63, 3.8) is 0 Å². The van der Waals surface area contributed by atoms with Crippen LogP contribution >= 0.6 is 0 Å². The number of rotatable bonds is 9. The van der Waals surface area contributed by atoms with E-state index in [1.54, 1.807) is 0 Å². The first-order chi connectivity index (χ1) is 18.8. The number of benzene rings is 3. The number of aromatic nitrogens is 2. The summed E-state index contributed by atoms with van der Waals surface area (Å²) in [6.45, 7) is 2.97. The maximum absolute atomic E-state index is 12.5. The van der Waals surface area contributed by atoms with Crippen molar-refractivity contribution in [2.24, 2.45) is 5.92 Å². The number of alkyl halides is 3. The van der Waals surface area contributed by atoms with Crippen molar-refractivity contribution in [3.8, 4) is 11.5 Å². The van der Waals surface area contributed by atoms with E-state index in [-0.39, 0.29) is 18.2 Å². The summed E-state index contributed by atoms with van der Waals surface area (Å²) >= 11 is 0. The number of amides is 1. The number of halogens is 3. The molecule has 2 heterocycles. The SMILES string of the molecule is O=C(CN1CCC(Cn2c(COc3ccccc3)nc3ccccc32)CC1)Nc1ccc(OC(F)(F)F)cc1. The first kappa shape index (κ1) is 26.6. The van der Waals surface area contributed by atoms with Crippen LogP contribution < -0.4 is 14.8 Å². The monoisotopic (exact) mass is 538 g/mol. The van der Waals surface area contributed by atoms with Crippen molar-refractivity contribution in [1.82, 2.24) is 14.5 Å². The molecule has 0 atom stereocenters. The third kappa shape index (κ3) is 7.29. The molecule has 39 heavy (non-hydrogen) atoms. The Labute approximate surface area is 224 Å². The Morgan fingerprint density at radius 3 is 2.33 bits per heavy atom. The summed E-state index contributed by atoms with van der Waals surface area (Å²) in [7, 11) is 0. The highest BCUT2D eigenvalue weighted by molar-refractivity contribution is 5.92. The molecule has 1 N–H and O–H groups in total. The smallest absolute Gasteiger partial charge is 0.486 e. The number of hydrogen-bond acceptors (Lipinski definition) is 5. The van der Waals surface area contributed by atoms with Crippen LogP contribution in [0.5, 0.6) is 11.5 Å². The summed E-state index contributed by atoms with van der Waals surface area (Å²) in [4.78, 5) is 19.4. The molecule has 0 spiro atoms. The lowest BCUT2D eigenvalue weighted by Gasteiger charge is -2.32. The second kappa shape index (κ2) is 11.8. The van der Waals surface area contributed by atoms with Gasteiger partial charge >= 0.3 is 6.36 Å². The van der Waals surface area contributed by atoms with Crippen molar-refractivity contribution in [2.45, 2.75) is 32.4 Å². The second-order valence-electron chi connectivity index (χ2n) is 9.57. The molecule has 0 radical (unpaired) electrons. The predicted molar refractivity (Wildman–Crippen MR) is 141 cm³/mol. The molecule has 3 aromatic carbocycles. The fraction of sp³-hybridized carbons (Fsp3) is 0.310. The van der Waals surface area contributed by atoms with Crippen LogP contribution in [0.3, 0.4) is 0 Å². The molecule has 1 amide bonds. The summed E-state index contributed by atoms with van der Waals surface area (Å²) in [6, 6.07) is 22.9. The van der Waals surface area contributed by atoms with Crippen molar-refractivity contribution in [2.75, 3.05) is 25.0 Å². The van der Waals surface area contributed by atoms with E-state index in [2.05, 4.69) is 25.6 Å². The Hall–Kier alpha value is -4.05. The summed E-state index contributed by atoms with van der Waals surface area (Å²) in [5.74, 6) is 1.57. The molecule has 0 saturated carbocycles. The van der Waals surface area contributed by atoms with E-state index in [4.69, 9.17) is 9.72 Å². The lowest BCUT2D eigenvalue weighted by molar-refractivity contribution is -0.274. The molecular formula is C29H29F3N4O3. The minimum absolute atomic E-state index is 0.209. The van der Waals surface area contributed by atoms with Gasteiger partial charge in [0.25, 0.3) is 0 Å². The number of hydrogen-bond donors (Lipinski definition) is 1. The lowest BCUT2D eigenvalue weighted by atomic mass is 9.96. The highest BCUT2D eigenvalue weighted by atomic mass is 19.4. The van der Waals surface area contributed by atoms with E-state index in [9.17, 15) is 18.0 Å². The molecular weight excluding hydrogens is 509 g/mol. The number of imidazole rings is 1. The third-order valence-electron chi connectivity index (χ3n) is 6.73. The minimum Gasteiger partial charge on any atom is -0.486 e. The third-order valence-corrected chi connectivity index (χ3v) is 6.73. The molecule has 10 heteroatoms. The van der Waals surface area contributed by atoms with E-state index in [0.717, 1.165) is 55.1 Å². The number of ether oxygens (including phenoxy) is 2. The number of nitrogens with zero attached hydrogens (tertiary/aromatic N) is 3. The first-order valence-electron chi connectivity index (χ1n) is 12.8. The zero-order valence-electron chi connectivity index (χ0n) is 21.2. The molecule has 1 aliphatic heterocycles. The van der Waals surface area contributed by atoms with E-state index >= 15 is 0 Å². The Balaban J connectivity index is 1.14. The number of piperidine rings is 1.